The number of amides is 1. The van der Waals surface area contributed by atoms with Crippen molar-refractivity contribution in [3.05, 3.63) is 53.9 Å². The van der Waals surface area contributed by atoms with Crippen molar-refractivity contribution in [3.63, 3.8) is 0 Å². The van der Waals surface area contributed by atoms with E-state index in [0.29, 0.717) is 55.3 Å². The molecular formula is C19H19N3O4. The lowest BCUT2D eigenvalue weighted by atomic mass is 10.1. The van der Waals surface area contributed by atoms with E-state index in [0.717, 1.165) is 0 Å². The summed E-state index contributed by atoms with van der Waals surface area (Å²) >= 11 is 0. The van der Waals surface area contributed by atoms with Gasteiger partial charge in [0.2, 0.25) is 6.79 Å². The second-order valence-corrected chi connectivity index (χ2v) is 6.30. The van der Waals surface area contributed by atoms with E-state index < -0.39 is 0 Å². The van der Waals surface area contributed by atoms with Gasteiger partial charge in [-0.2, -0.15) is 0 Å². The molecule has 0 atom stereocenters. The molecule has 1 amide bonds. The van der Waals surface area contributed by atoms with Crippen molar-refractivity contribution in [2.75, 3.05) is 39.5 Å². The van der Waals surface area contributed by atoms with Crippen molar-refractivity contribution in [3.8, 4) is 11.5 Å². The van der Waals surface area contributed by atoms with E-state index in [2.05, 4.69) is 9.88 Å². The molecule has 7 heteroatoms. The Labute approximate surface area is 151 Å². The van der Waals surface area contributed by atoms with E-state index in [9.17, 15) is 9.59 Å². The second kappa shape index (κ2) is 7.13. The summed E-state index contributed by atoms with van der Waals surface area (Å²) in [7, 11) is 0. The highest BCUT2D eigenvalue weighted by atomic mass is 16.7. The average Bonchev–Trinajstić information content (AvgIpc) is 3.16. The molecule has 26 heavy (non-hydrogen) atoms. The predicted octanol–water partition coefficient (Wildman–Crippen LogP) is 1.45. The number of hydrogen-bond donors (Lipinski definition) is 0. The number of Topliss-reactive ketones (excluding diaryl/α,β-unsaturated/α-hetero) is 1. The third kappa shape index (κ3) is 3.39. The van der Waals surface area contributed by atoms with Crippen LogP contribution in [0.1, 0.15) is 20.7 Å². The van der Waals surface area contributed by atoms with Gasteiger partial charge in [0.05, 0.1) is 12.1 Å². The zero-order valence-corrected chi connectivity index (χ0v) is 14.3. The maximum absolute atomic E-state index is 12.5. The Balaban J connectivity index is 1.32. The number of pyridine rings is 1. The number of nitrogens with zero attached hydrogens (tertiary/aromatic N) is 3. The molecule has 2 aliphatic heterocycles. The first-order valence-corrected chi connectivity index (χ1v) is 8.55. The van der Waals surface area contributed by atoms with E-state index in [-0.39, 0.29) is 18.5 Å². The van der Waals surface area contributed by atoms with Crippen LogP contribution in [0.5, 0.6) is 11.5 Å². The Morgan fingerprint density at radius 3 is 2.58 bits per heavy atom. The van der Waals surface area contributed by atoms with E-state index in [1.54, 1.807) is 47.6 Å². The van der Waals surface area contributed by atoms with E-state index >= 15 is 0 Å². The third-order valence-corrected chi connectivity index (χ3v) is 4.63. The lowest BCUT2D eigenvalue weighted by Gasteiger charge is -2.34. The van der Waals surface area contributed by atoms with E-state index in [1.165, 1.54) is 0 Å². The summed E-state index contributed by atoms with van der Waals surface area (Å²) in [6, 6.07) is 8.78. The molecule has 0 saturated carbocycles. The molecule has 7 nitrogen and oxygen atoms in total. The molecule has 1 aromatic heterocycles. The molecule has 0 radical (unpaired) electrons. The van der Waals surface area contributed by atoms with Crippen LogP contribution in [0.15, 0.2) is 42.7 Å². The van der Waals surface area contributed by atoms with Crippen LogP contribution in [0.25, 0.3) is 0 Å². The fourth-order valence-electron chi connectivity index (χ4n) is 3.15. The van der Waals surface area contributed by atoms with Crippen LogP contribution < -0.4 is 9.47 Å². The van der Waals surface area contributed by atoms with Gasteiger partial charge in [0, 0.05) is 44.1 Å². The zero-order valence-electron chi connectivity index (χ0n) is 14.3. The van der Waals surface area contributed by atoms with Gasteiger partial charge in [-0.1, -0.05) is 0 Å². The SMILES string of the molecule is O=C(CN1CCN(C(=O)c2cccnc2)CC1)c1ccc2c(c1)OCO2. The minimum atomic E-state index is -0.0140. The second-order valence-electron chi connectivity index (χ2n) is 6.30. The summed E-state index contributed by atoms with van der Waals surface area (Å²) in [5, 5.41) is 0. The van der Waals surface area contributed by atoms with Gasteiger partial charge in [0.15, 0.2) is 17.3 Å². The molecule has 0 bridgehead atoms. The monoisotopic (exact) mass is 353 g/mol. The fraction of sp³-hybridized carbons (Fsp3) is 0.316. The van der Waals surface area contributed by atoms with Crippen LogP contribution in [0, 0.1) is 0 Å². The molecule has 4 rings (SSSR count). The third-order valence-electron chi connectivity index (χ3n) is 4.63. The lowest BCUT2D eigenvalue weighted by Crippen LogP contribution is -2.49. The van der Waals surface area contributed by atoms with Gasteiger partial charge in [-0.25, -0.2) is 0 Å². The summed E-state index contributed by atoms with van der Waals surface area (Å²) in [4.78, 5) is 32.8. The average molecular weight is 353 g/mol. The summed E-state index contributed by atoms with van der Waals surface area (Å²) in [5.74, 6) is 1.31. The minimum absolute atomic E-state index is 0.0140. The maximum Gasteiger partial charge on any atom is 0.255 e. The van der Waals surface area contributed by atoms with Crippen molar-refractivity contribution in [1.82, 2.24) is 14.8 Å². The summed E-state index contributed by atoms with van der Waals surface area (Å²) in [5.41, 5.74) is 1.21. The van der Waals surface area contributed by atoms with Crippen molar-refractivity contribution >= 4 is 11.7 Å². The normalized spacial score (nSPS) is 16.5. The van der Waals surface area contributed by atoms with Gasteiger partial charge in [0.1, 0.15) is 0 Å². The van der Waals surface area contributed by atoms with Crippen LogP contribution in [-0.4, -0.2) is 66.0 Å². The molecule has 0 spiro atoms. The van der Waals surface area contributed by atoms with Gasteiger partial charge in [0.25, 0.3) is 5.91 Å². The van der Waals surface area contributed by atoms with Crippen LogP contribution in [0.2, 0.25) is 0 Å². The number of aromatic nitrogens is 1. The summed E-state index contributed by atoms with van der Waals surface area (Å²) in [6.07, 6.45) is 3.23. The van der Waals surface area contributed by atoms with Crippen molar-refractivity contribution in [2.45, 2.75) is 0 Å². The van der Waals surface area contributed by atoms with Crippen LogP contribution in [0.4, 0.5) is 0 Å². The Kier molecular flexibility index (Phi) is 4.53. The Bertz CT molecular complexity index is 817. The van der Waals surface area contributed by atoms with Gasteiger partial charge in [-0.3, -0.25) is 19.5 Å². The smallest absolute Gasteiger partial charge is 0.255 e. The highest BCUT2D eigenvalue weighted by Gasteiger charge is 2.24. The summed E-state index contributed by atoms with van der Waals surface area (Å²) in [6.45, 7) is 3.06. The maximum atomic E-state index is 12.5. The first kappa shape index (κ1) is 16.5. The molecular weight excluding hydrogens is 334 g/mol. The summed E-state index contributed by atoms with van der Waals surface area (Å²) < 4.78 is 10.6. The first-order valence-electron chi connectivity index (χ1n) is 8.55. The Morgan fingerprint density at radius 1 is 1.00 bits per heavy atom. The number of piperazine rings is 1. The number of carbonyl (C=O) groups is 2. The van der Waals surface area contributed by atoms with Crippen molar-refractivity contribution in [2.24, 2.45) is 0 Å². The van der Waals surface area contributed by atoms with Gasteiger partial charge in [-0.15, -0.1) is 0 Å². The molecule has 0 aliphatic carbocycles. The molecule has 0 unspecified atom stereocenters. The van der Waals surface area contributed by atoms with Gasteiger partial charge < -0.3 is 14.4 Å². The van der Waals surface area contributed by atoms with Crippen LogP contribution in [-0.2, 0) is 0 Å². The topological polar surface area (TPSA) is 72.0 Å². The highest BCUT2D eigenvalue weighted by Crippen LogP contribution is 2.32. The zero-order chi connectivity index (χ0) is 17.9. The number of ketones is 1. The molecule has 0 N–H and O–H groups in total. The highest BCUT2D eigenvalue weighted by molar-refractivity contribution is 5.98. The molecule has 3 heterocycles. The van der Waals surface area contributed by atoms with Gasteiger partial charge in [-0.05, 0) is 30.3 Å². The molecule has 2 aliphatic rings. The van der Waals surface area contributed by atoms with Crippen molar-refractivity contribution < 1.29 is 19.1 Å². The van der Waals surface area contributed by atoms with Crippen molar-refractivity contribution in [1.29, 1.82) is 0 Å². The number of hydrogen-bond acceptors (Lipinski definition) is 6. The van der Waals surface area contributed by atoms with E-state index in [1.807, 2.05) is 0 Å². The number of rotatable bonds is 4. The van der Waals surface area contributed by atoms with Crippen LogP contribution >= 0.6 is 0 Å². The Hall–Kier alpha value is -2.93. The number of fused-ring (bicyclic) bond motifs is 1. The molecule has 2 aromatic rings. The Morgan fingerprint density at radius 2 is 1.81 bits per heavy atom. The van der Waals surface area contributed by atoms with Crippen LogP contribution in [0.3, 0.4) is 0 Å². The lowest BCUT2D eigenvalue weighted by molar-refractivity contribution is 0.0624. The van der Waals surface area contributed by atoms with E-state index in [4.69, 9.17) is 9.47 Å². The number of carbonyl (C=O) groups excluding carboxylic acids is 2. The quantitative estimate of drug-likeness (QED) is 0.775. The predicted molar refractivity (Wildman–Crippen MR) is 93.5 cm³/mol. The fourth-order valence-corrected chi connectivity index (χ4v) is 3.15. The molecule has 134 valence electrons. The van der Waals surface area contributed by atoms with Gasteiger partial charge >= 0.3 is 0 Å². The first-order chi connectivity index (χ1) is 12.7. The molecule has 1 saturated heterocycles. The molecule has 1 fully saturated rings. The minimum Gasteiger partial charge on any atom is -0.454 e. The largest absolute Gasteiger partial charge is 0.454 e. The number of ether oxygens (including phenoxy) is 2. The molecule has 1 aromatic carbocycles. The number of benzene rings is 1. The standard InChI is InChI=1S/C19H19N3O4/c23-16(14-3-4-17-18(10-14)26-13-25-17)12-21-6-8-22(9-7-21)19(24)15-2-1-5-20-11-15/h1-5,10-11H,6-9,12-13H2.